The summed E-state index contributed by atoms with van der Waals surface area (Å²) >= 11 is 0. The highest BCUT2D eigenvalue weighted by molar-refractivity contribution is 4.88. The Labute approximate surface area is 59.0 Å². The Hall–Kier alpha value is -0.260. The van der Waals surface area contributed by atoms with Gasteiger partial charge in [-0.1, -0.05) is 32.9 Å². The summed E-state index contributed by atoms with van der Waals surface area (Å²) in [5.41, 5.74) is 0. The minimum atomic E-state index is 0.949. The van der Waals surface area contributed by atoms with Crippen LogP contribution in [0, 0.1) is 5.92 Å². The maximum atomic E-state index is 2.31. The monoisotopic (exact) mass is 126 g/mol. The van der Waals surface area contributed by atoms with E-state index in [-0.39, 0.29) is 0 Å². The molecule has 1 atom stereocenters. The van der Waals surface area contributed by atoms with Crippen molar-refractivity contribution in [3.05, 3.63) is 12.2 Å². The second-order valence-corrected chi connectivity index (χ2v) is 2.39. The molecular weight excluding hydrogens is 108 g/mol. The third-order valence-corrected chi connectivity index (χ3v) is 1.53. The van der Waals surface area contributed by atoms with E-state index in [1.54, 1.807) is 0 Å². The Morgan fingerprint density at radius 2 is 1.89 bits per heavy atom. The van der Waals surface area contributed by atoms with E-state index in [2.05, 4.69) is 19.1 Å². The zero-order valence-corrected chi connectivity index (χ0v) is 6.85. The molecule has 1 unspecified atom stereocenters. The summed E-state index contributed by atoms with van der Waals surface area (Å²) in [6.07, 6.45) is 8.58. The van der Waals surface area contributed by atoms with E-state index in [0.717, 1.165) is 5.92 Å². The lowest BCUT2D eigenvalue weighted by Crippen LogP contribution is -1.94. The van der Waals surface area contributed by atoms with Gasteiger partial charge in [0.25, 0.3) is 0 Å². The van der Waals surface area contributed by atoms with E-state index in [0.29, 0.717) is 0 Å². The van der Waals surface area contributed by atoms with Crippen molar-refractivity contribution >= 4 is 0 Å². The standard InChI is InChI=1S/C7H12.C2H6/c1-7-5-3-2-4-6-7;1-2/h2-3,7H,4-6H2,1H3;1-2H3. The fourth-order valence-electron chi connectivity index (χ4n) is 0.945. The molecule has 1 rings (SSSR count). The molecule has 0 N–H and O–H groups in total. The van der Waals surface area contributed by atoms with Crippen LogP contribution in [-0.2, 0) is 0 Å². The van der Waals surface area contributed by atoms with Gasteiger partial charge in [-0.3, -0.25) is 0 Å². The SMILES string of the molecule is CC.CC1CC=CCC1. The highest BCUT2D eigenvalue weighted by Gasteiger charge is 2.00. The molecule has 1 aliphatic rings. The van der Waals surface area contributed by atoms with Crippen LogP contribution in [0.2, 0.25) is 0 Å². The van der Waals surface area contributed by atoms with Gasteiger partial charge in [0.15, 0.2) is 0 Å². The summed E-state index contributed by atoms with van der Waals surface area (Å²) in [5, 5.41) is 0. The van der Waals surface area contributed by atoms with Gasteiger partial charge in [0.05, 0.1) is 0 Å². The van der Waals surface area contributed by atoms with Gasteiger partial charge in [0.2, 0.25) is 0 Å². The highest BCUT2D eigenvalue weighted by Crippen LogP contribution is 2.15. The first-order valence-corrected chi connectivity index (χ1v) is 4.04. The second kappa shape index (κ2) is 5.87. The first-order valence-electron chi connectivity index (χ1n) is 4.04. The summed E-state index contributed by atoms with van der Waals surface area (Å²) in [6.45, 7) is 6.31. The van der Waals surface area contributed by atoms with Crippen LogP contribution in [-0.4, -0.2) is 0 Å². The first kappa shape index (κ1) is 8.74. The van der Waals surface area contributed by atoms with Crippen LogP contribution in [0.1, 0.15) is 40.0 Å². The van der Waals surface area contributed by atoms with Gasteiger partial charge >= 0.3 is 0 Å². The van der Waals surface area contributed by atoms with Crippen molar-refractivity contribution in [3.8, 4) is 0 Å². The first-order chi connectivity index (χ1) is 4.39. The van der Waals surface area contributed by atoms with Crippen molar-refractivity contribution in [3.63, 3.8) is 0 Å². The fraction of sp³-hybridized carbons (Fsp3) is 0.778. The van der Waals surface area contributed by atoms with Gasteiger partial charge in [-0.15, -0.1) is 0 Å². The molecule has 0 saturated carbocycles. The van der Waals surface area contributed by atoms with Gasteiger partial charge in [-0.2, -0.15) is 0 Å². The van der Waals surface area contributed by atoms with Crippen molar-refractivity contribution in [2.45, 2.75) is 40.0 Å². The zero-order chi connectivity index (χ0) is 7.11. The highest BCUT2D eigenvalue weighted by atomic mass is 14.1. The van der Waals surface area contributed by atoms with E-state index < -0.39 is 0 Å². The van der Waals surface area contributed by atoms with Crippen LogP contribution >= 0.6 is 0 Å². The molecule has 9 heavy (non-hydrogen) atoms. The lowest BCUT2D eigenvalue weighted by Gasteiger charge is -2.09. The second-order valence-electron chi connectivity index (χ2n) is 2.39. The van der Waals surface area contributed by atoms with Crippen molar-refractivity contribution in [2.24, 2.45) is 5.92 Å². The normalized spacial score (nSPS) is 24.6. The summed E-state index contributed by atoms with van der Waals surface area (Å²) in [7, 11) is 0. The molecule has 0 heterocycles. The van der Waals surface area contributed by atoms with Crippen molar-refractivity contribution in [2.75, 3.05) is 0 Å². The van der Waals surface area contributed by atoms with E-state index in [1.165, 1.54) is 19.3 Å². The number of allylic oxidation sites excluding steroid dienone is 2. The molecule has 0 aromatic heterocycles. The minimum absolute atomic E-state index is 0.949. The quantitative estimate of drug-likeness (QED) is 0.436. The van der Waals surface area contributed by atoms with Crippen molar-refractivity contribution < 1.29 is 0 Å². The molecule has 0 fully saturated rings. The van der Waals surface area contributed by atoms with Crippen LogP contribution in [0.3, 0.4) is 0 Å². The van der Waals surface area contributed by atoms with Gasteiger partial charge in [-0.05, 0) is 25.2 Å². The van der Waals surface area contributed by atoms with E-state index >= 15 is 0 Å². The van der Waals surface area contributed by atoms with Crippen LogP contribution < -0.4 is 0 Å². The maximum absolute atomic E-state index is 2.31. The van der Waals surface area contributed by atoms with Crippen molar-refractivity contribution in [1.82, 2.24) is 0 Å². The average Bonchev–Trinajstić information content (AvgIpc) is 1.94. The summed E-state index contributed by atoms with van der Waals surface area (Å²) in [6, 6.07) is 0. The predicted octanol–water partition coefficient (Wildman–Crippen LogP) is 3.39. The summed E-state index contributed by atoms with van der Waals surface area (Å²) in [5.74, 6) is 0.949. The Balaban J connectivity index is 0.000000291. The van der Waals surface area contributed by atoms with Crippen LogP contribution in [0.25, 0.3) is 0 Å². The molecule has 0 nitrogen and oxygen atoms in total. The molecule has 0 spiro atoms. The predicted molar refractivity (Wildman–Crippen MR) is 43.5 cm³/mol. The number of hydrogen-bond donors (Lipinski definition) is 0. The van der Waals surface area contributed by atoms with Crippen molar-refractivity contribution in [1.29, 1.82) is 0 Å². The van der Waals surface area contributed by atoms with E-state index in [4.69, 9.17) is 0 Å². The van der Waals surface area contributed by atoms with Gasteiger partial charge in [-0.25, -0.2) is 0 Å². The lowest BCUT2D eigenvalue weighted by atomic mass is 9.97. The molecule has 0 saturated heterocycles. The van der Waals surface area contributed by atoms with Gasteiger partial charge in [0.1, 0.15) is 0 Å². The molecule has 0 aromatic rings. The Bertz CT molecular complexity index is 72.1. The Morgan fingerprint density at radius 1 is 1.22 bits per heavy atom. The molecular formula is C9H18. The van der Waals surface area contributed by atoms with E-state index in [1.807, 2.05) is 13.8 Å². The smallest absolute Gasteiger partial charge is 0.0325 e. The molecule has 0 bridgehead atoms. The molecule has 0 heteroatoms. The van der Waals surface area contributed by atoms with Gasteiger partial charge < -0.3 is 0 Å². The molecule has 0 aliphatic heterocycles. The lowest BCUT2D eigenvalue weighted by molar-refractivity contribution is 0.527. The molecule has 0 amide bonds. The zero-order valence-electron chi connectivity index (χ0n) is 6.85. The minimum Gasteiger partial charge on any atom is -0.0885 e. The third kappa shape index (κ3) is 4.26. The molecule has 1 aliphatic carbocycles. The molecule has 0 radical (unpaired) electrons. The fourth-order valence-corrected chi connectivity index (χ4v) is 0.945. The third-order valence-electron chi connectivity index (χ3n) is 1.53. The number of rotatable bonds is 0. The summed E-state index contributed by atoms with van der Waals surface area (Å²) < 4.78 is 0. The topological polar surface area (TPSA) is 0 Å². The maximum Gasteiger partial charge on any atom is -0.0325 e. The van der Waals surface area contributed by atoms with Crippen LogP contribution in [0.4, 0.5) is 0 Å². The van der Waals surface area contributed by atoms with Crippen LogP contribution in [0.5, 0.6) is 0 Å². The summed E-state index contributed by atoms with van der Waals surface area (Å²) in [4.78, 5) is 0. The number of hydrogen-bond acceptors (Lipinski definition) is 0. The largest absolute Gasteiger partial charge is 0.0885 e. The molecule has 54 valence electrons. The van der Waals surface area contributed by atoms with Crippen LogP contribution in [0.15, 0.2) is 12.2 Å². The average molecular weight is 126 g/mol. The van der Waals surface area contributed by atoms with E-state index in [9.17, 15) is 0 Å². The molecule has 0 aromatic carbocycles. The Morgan fingerprint density at radius 3 is 2.11 bits per heavy atom. The van der Waals surface area contributed by atoms with Gasteiger partial charge in [0, 0.05) is 0 Å². The Kier molecular flexibility index (Phi) is 5.70.